The van der Waals surface area contributed by atoms with E-state index in [1.54, 1.807) is 31.2 Å². The second-order valence-corrected chi connectivity index (χ2v) is 7.20. The Bertz CT molecular complexity index is 557. The van der Waals surface area contributed by atoms with Crippen LogP contribution in [0.25, 0.3) is 0 Å². The van der Waals surface area contributed by atoms with Crippen molar-refractivity contribution in [2.75, 3.05) is 0 Å². The number of amides is 1. The van der Waals surface area contributed by atoms with Crippen molar-refractivity contribution in [3.63, 3.8) is 0 Å². The predicted molar refractivity (Wildman–Crippen MR) is 85.6 cm³/mol. The molecule has 1 aliphatic carbocycles. The van der Waals surface area contributed by atoms with Gasteiger partial charge >= 0.3 is 6.18 Å². The van der Waals surface area contributed by atoms with Crippen LogP contribution in [0.3, 0.4) is 0 Å². The number of benzene rings is 1. The molecule has 3 nitrogen and oxygen atoms in total. The van der Waals surface area contributed by atoms with Crippen molar-refractivity contribution >= 4 is 21.8 Å². The van der Waals surface area contributed by atoms with Crippen LogP contribution in [-0.2, 0) is 10.3 Å². The normalized spacial score (nSPS) is 24.8. The highest BCUT2D eigenvalue weighted by Crippen LogP contribution is 2.37. The Morgan fingerprint density at radius 1 is 1.26 bits per heavy atom. The van der Waals surface area contributed by atoms with Gasteiger partial charge < -0.3 is 11.1 Å². The Morgan fingerprint density at radius 2 is 1.87 bits per heavy atom. The van der Waals surface area contributed by atoms with Crippen molar-refractivity contribution in [3.05, 3.63) is 34.3 Å². The molecule has 0 radical (unpaired) electrons. The fourth-order valence-electron chi connectivity index (χ4n) is 2.88. The first kappa shape index (κ1) is 18.3. The second kappa shape index (κ2) is 6.81. The average molecular weight is 393 g/mol. The van der Waals surface area contributed by atoms with E-state index in [0.717, 1.165) is 4.47 Å². The number of hydrogen-bond acceptors (Lipinski definition) is 2. The number of nitrogens with two attached hydrogens (primary N) is 1. The Hall–Kier alpha value is -1.08. The van der Waals surface area contributed by atoms with Gasteiger partial charge in [0.1, 0.15) is 5.54 Å². The third-order valence-electron chi connectivity index (χ3n) is 4.39. The largest absolute Gasteiger partial charge is 0.391 e. The van der Waals surface area contributed by atoms with Crippen molar-refractivity contribution < 1.29 is 18.0 Å². The molecule has 1 fully saturated rings. The summed E-state index contributed by atoms with van der Waals surface area (Å²) in [5, 5.41) is 2.70. The van der Waals surface area contributed by atoms with Crippen molar-refractivity contribution in [3.8, 4) is 0 Å². The number of hydrogen-bond donors (Lipinski definition) is 2. The Kier molecular flexibility index (Phi) is 5.41. The van der Waals surface area contributed by atoms with Gasteiger partial charge in [-0.2, -0.15) is 13.2 Å². The van der Waals surface area contributed by atoms with Gasteiger partial charge in [0.05, 0.1) is 5.92 Å². The molecule has 3 atom stereocenters. The van der Waals surface area contributed by atoms with Gasteiger partial charge in [0, 0.05) is 10.5 Å². The summed E-state index contributed by atoms with van der Waals surface area (Å²) < 4.78 is 39.4. The molecule has 0 bridgehead atoms. The van der Waals surface area contributed by atoms with E-state index in [1.165, 1.54) is 0 Å². The first-order valence-corrected chi connectivity index (χ1v) is 8.32. The molecular formula is C16H20BrF3N2O. The molecule has 128 valence electrons. The highest BCUT2D eigenvalue weighted by molar-refractivity contribution is 9.10. The number of carbonyl (C=O) groups excluding carboxylic acids is 1. The van der Waals surface area contributed by atoms with Crippen LogP contribution in [0.1, 0.15) is 38.2 Å². The van der Waals surface area contributed by atoms with Crippen LogP contribution in [0.15, 0.2) is 28.7 Å². The summed E-state index contributed by atoms with van der Waals surface area (Å²) in [7, 11) is 0. The maximum absolute atomic E-state index is 12.8. The quantitative estimate of drug-likeness (QED) is 0.820. The molecule has 3 N–H and O–H groups in total. The van der Waals surface area contributed by atoms with Gasteiger partial charge in [-0.3, -0.25) is 4.79 Å². The molecule has 0 saturated heterocycles. The third kappa shape index (κ3) is 4.47. The van der Waals surface area contributed by atoms with E-state index >= 15 is 0 Å². The van der Waals surface area contributed by atoms with Gasteiger partial charge in [0.2, 0.25) is 5.91 Å². The van der Waals surface area contributed by atoms with Crippen molar-refractivity contribution in [2.45, 2.75) is 50.4 Å². The fraction of sp³-hybridized carbons (Fsp3) is 0.562. The molecule has 1 amide bonds. The monoisotopic (exact) mass is 392 g/mol. The van der Waals surface area contributed by atoms with E-state index in [4.69, 9.17) is 5.73 Å². The average Bonchev–Trinajstić information content (AvgIpc) is 2.47. The molecule has 7 heteroatoms. The van der Waals surface area contributed by atoms with Gasteiger partial charge in [-0.05, 0) is 43.9 Å². The van der Waals surface area contributed by atoms with Gasteiger partial charge in [0.15, 0.2) is 0 Å². The lowest BCUT2D eigenvalue weighted by molar-refractivity contribution is -0.184. The van der Waals surface area contributed by atoms with Crippen molar-refractivity contribution in [2.24, 2.45) is 11.7 Å². The molecule has 0 aliphatic heterocycles. The lowest BCUT2D eigenvalue weighted by Gasteiger charge is -2.33. The smallest absolute Gasteiger partial charge is 0.351 e. The molecule has 0 spiro atoms. The van der Waals surface area contributed by atoms with Gasteiger partial charge in [0.25, 0.3) is 0 Å². The lowest BCUT2D eigenvalue weighted by Crippen LogP contribution is -2.53. The lowest BCUT2D eigenvalue weighted by atomic mass is 9.84. The molecule has 0 heterocycles. The first-order valence-electron chi connectivity index (χ1n) is 7.53. The molecule has 0 aromatic heterocycles. The minimum Gasteiger partial charge on any atom is -0.351 e. The number of alkyl halides is 3. The molecule has 1 saturated carbocycles. The molecule has 1 aromatic rings. The Morgan fingerprint density at radius 3 is 2.43 bits per heavy atom. The molecule has 3 unspecified atom stereocenters. The summed E-state index contributed by atoms with van der Waals surface area (Å²) >= 11 is 3.31. The Balaban J connectivity index is 2.04. The van der Waals surface area contributed by atoms with Crippen LogP contribution in [0, 0.1) is 5.92 Å². The molecule has 1 aliphatic rings. The summed E-state index contributed by atoms with van der Waals surface area (Å²) in [6.45, 7) is 1.57. The summed E-state index contributed by atoms with van der Waals surface area (Å²) in [6, 6.07) is 6.51. The van der Waals surface area contributed by atoms with Gasteiger partial charge in [-0.1, -0.05) is 34.5 Å². The Labute approximate surface area is 141 Å². The van der Waals surface area contributed by atoms with Crippen molar-refractivity contribution in [1.82, 2.24) is 5.32 Å². The van der Waals surface area contributed by atoms with Crippen LogP contribution in [0.2, 0.25) is 0 Å². The zero-order valence-electron chi connectivity index (χ0n) is 12.8. The van der Waals surface area contributed by atoms with E-state index in [9.17, 15) is 18.0 Å². The van der Waals surface area contributed by atoms with Crippen LogP contribution in [0.5, 0.6) is 0 Å². The number of halogens is 4. The highest BCUT2D eigenvalue weighted by Gasteiger charge is 2.43. The van der Waals surface area contributed by atoms with Crippen LogP contribution in [0.4, 0.5) is 13.2 Å². The maximum atomic E-state index is 12.8. The van der Waals surface area contributed by atoms with E-state index in [2.05, 4.69) is 21.2 Å². The maximum Gasteiger partial charge on any atom is 0.391 e. The molecule has 1 aromatic carbocycles. The number of carbonyl (C=O) groups is 1. The third-order valence-corrected chi connectivity index (χ3v) is 4.92. The van der Waals surface area contributed by atoms with E-state index in [-0.39, 0.29) is 12.8 Å². The van der Waals surface area contributed by atoms with Gasteiger partial charge in [-0.15, -0.1) is 0 Å². The first-order chi connectivity index (χ1) is 10.6. The minimum atomic E-state index is -4.21. The van der Waals surface area contributed by atoms with E-state index in [0.29, 0.717) is 18.4 Å². The van der Waals surface area contributed by atoms with Gasteiger partial charge in [-0.25, -0.2) is 0 Å². The zero-order valence-corrected chi connectivity index (χ0v) is 14.4. The minimum absolute atomic E-state index is 0.0777. The summed E-state index contributed by atoms with van der Waals surface area (Å²) in [5.41, 5.74) is 5.45. The van der Waals surface area contributed by atoms with Crippen LogP contribution < -0.4 is 11.1 Å². The molecule has 23 heavy (non-hydrogen) atoms. The second-order valence-electron chi connectivity index (χ2n) is 6.28. The highest BCUT2D eigenvalue weighted by atomic mass is 79.9. The SMILES string of the molecule is CC(N)(C(=O)NC1CCCC(C(F)(F)F)C1)c1ccc(Br)cc1. The summed E-state index contributed by atoms with van der Waals surface area (Å²) in [6.07, 6.45) is -3.15. The standard InChI is InChI=1S/C16H20BrF3N2O/c1-15(21,10-5-7-12(17)8-6-10)14(23)22-13-4-2-3-11(9-13)16(18,19)20/h5-8,11,13H,2-4,9,21H2,1H3,(H,22,23). The molecule has 2 rings (SSSR count). The number of nitrogens with one attached hydrogen (secondary N) is 1. The van der Waals surface area contributed by atoms with Crippen LogP contribution >= 0.6 is 15.9 Å². The van der Waals surface area contributed by atoms with E-state index in [1.807, 2.05) is 0 Å². The molecular weight excluding hydrogens is 373 g/mol. The predicted octanol–water partition coefficient (Wildman–Crippen LogP) is 3.86. The fourth-order valence-corrected chi connectivity index (χ4v) is 3.15. The zero-order chi connectivity index (χ0) is 17.3. The van der Waals surface area contributed by atoms with Crippen molar-refractivity contribution in [1.29, 1.82) is 0 Å². The topological polar surface area (TPSA) is 55.1 Å². The van der Waals surface area contributed by atoms with Crippen LogP contribution in [-0.4, -0.2) is 18.1 Å². The van der Waals surface area contributed by atoms with E-state index < -0.39 is 29.6 Å². The summed E-state index contributed by atoms with van der Waals surface area (Å²) in [5.74, 6) is -1.80. The summed E-state index contributed by atoms with van der Waals surface area (Å²) in [4.78, 5) is 12.4. The number of rotatable bonds is 3.